The normalized spacial score (nSPS) is 11.2. The standard InChI is InChI=1S/C16H11BrClF2N3O2S/c1-6-5-7(2)22-16(21-6)23-14(24)13-11(18)10-9(25-15(19)20)4-3-8(17)12(10)26-13/h3-5,15H,1-2H3,(H,21,22,23,24). The number of alkyl halides is 2. The van der Waals surface area contributed by atoms with Crippen LogP contribution in [0.15, 0.2) is 22.7 Å². The van der Waals surface area contributed by atoms with Crippen LogP contribution in [0.2, 0.25) is 5.02 Å². The first-order valence-corrected chi connectivity index (χ1v) is 9.24. The highest BCUT2D eigenvalue weighted by atomic mass is 79.9. The molecule has 0 saturated heterocycles. The Kier molecular flexibility index (Phi) is 5.40. The van der Waals surface area contributed by atoms with Gasteiger partial charge in [0.15, 0.2) is 0 Å². The number of halogens is 4. The molecule has 0 saturated carbocycles. The fourth-order valence-corrected chi connectivity index (χ4v) is 4.42. The van der Waals surface area contributed by atoms with Crippen LogP contribution in [-0.2, 0) is 0 Å². The maximum atomic E-state index is 12.6. The van der Waals surface area contributed by atoms with Crippen LogP contribution < -0.4 is 10.1 Å². The first-order valence-electron chi connectivity index (χ1n) is 7.25. The molecule has 0 aliphatic carbocycles. The molecular weight excluding hydrogens is 452 g/mol. The summed E-state index contributed by atoms with van der Waals surface area (Å²) >= 11 is 10.7. The maximum absolute atomic E-state index is 12.6. The van der Waals surface area contributed by atoms with Crippen molar-refractivity contribution in [3.63, 3.8) is 0 Å². The van der Waals surface area contributed by atoms with Crippen LogP contribution in [0, 0.1) is 13.8 Å². The molecule has 1 aromatic carbocycles. The quantitative estimate of drug-likeness (QED) is 0.550. The zero-order valence-electron chi connectivity index (χ0n) is 13.4. The van der Waals surface area contributed by atoms with E-state index < -0.39 is 12.5 Å². The number of nitrogens with one attached hydrogen (secondary N) is 1. The van der Waals surface area contributed by atoms with E-state index in [2.05, 4.69) is 36.0 Å². The Hall–Kier alpha value is -1.84. The molecule has 10 heteroatoms. The molecule has 0 radical (unpaired) electrons. The number of fused-ring (bicyclic) bond motifs is 1. The molecule has 0 aliphatic rings. The SMILES string of the molecule is Cc1cc(C)nc(NC(=O)c2sc3c(Br)ccc(OC(F)F)c3c2Cl)n1. The molecule has 5 nitrogen and oxygen atoms in total. The van der Waals surface area contributed by atoms with Crippen LogP contribution in [0.25, 0.3) is 10.1 Å². The van der Waals surface area contributed by atoms with Crippen molar-refractivity contribution in [1.82, 2.24) is 9.97 Å². The fraction of sp³-hybridized carbons (Fsp3) is 0.188. The number of amides is 1. The molecule has 0 fully saturated rings. The molecule has 0 aliphatic heterocycles. The molecule has 3 aromatic rings. The second-order valence-corrected chi connectivity index (χ2v) is 7.55. The number of carbonyl (C=O) groups is 1. The van der Waals surface area contributed by atoms with Gasteiger partial charge in [0.2, 0.25) is 5.95 Å². The largest absolute Gasteiger partial charge is 0.434 e. The number of anilines is 1. The Morgan fingerprint density at radius 3 is 2.58 bits per heavy atom. The molecule has 26 heavy (non-hydrogen) atoms. The van der Waals surface area contributed by atoms with Gasteiger partial charge in [0.25, 0.3) is 5.91 Å². The predicted octanol–water partition coefficient (Wildman–Crippen LogP) is 5.58. The summed E-state index contributed by atoms with van der Waals surface area (Å²) in [5.74, 6) is -0.485. The van der Waals surface area contributed by atoms with Crippen molar-refractivity contribution in [3.8, 4) is 5.75 Å². The maximum Gasteiger partial charge on any atom is 0.387 e. The average molecular weight is 463 g/mol. The minimum Gasteiger partial charge on any atom is -0.434 e. The third-order valence-corrected chi connectivity index (χ3v) is 5.96. The summed E-state index contributed by atoms with van der Waals surface area (Å²) < 4.78 is 30.9. The van der Waals surface area contributed by atoms with Gasteiger partial charge in [-0.2, -0.15) is 8.78 Å². The molecule has 1 N–H and O–H groups in total. The van der Waals surface area contributed by atoms with Gasteiger partial charge in [-0.05, 0) is 48.0 Å². The minimum atomic E-state index is -3.00. The summed E-state index contributed by atoms with van der Waals surface area (Å²) in [6.45, 7) is 0.556. The Morgan fingerprint density at radius 2 is 1.96 bits per heavy atom. The highest BCUT2D eigenvalue weighted by Gasteiger charge is 2.23. The van der Waals surface area contributed by atoms with Gasteiger partial charge < -0.3 is 4.74 Å². The molecule has 136 valence electrons. The molecule has 0 spiro atoms. The van der Waals surface area contributed by atoms with Crippen molar-refractivity contribution >= 4 is 60.8 Å². The van der Waals surface area contributed by atoms with Crippen LogP contribution >= 0.6 is 38.9 Å². The Balaban J connectivity index is 2.03. The van der Waals surface area contributed by atoms with E-state index in [0.717, 1.165) is 11.3 Å². The molecule has 0 unspecified atom stereocenters. The predicted molar refractivity (Wildman–Crippen MR) is 101 cm³/mol. The van der Waals surface area contributed by atoms with Gasteiger partial charge in [-0.15, -0.1) is 11.3 Å². The number of hydrogen-bond acceptors (Lipinski definition) is 5. The number of nitrogens with zero attached hydrogens (tertiary/aromatic N) is 2. The number of carbonyl (C=O) groups excluding carboxylic acids is 1. The molecule has 1 amide bonds. The number of thiophene rings is 1. The first-order chi connectivity index (χ1) is 12.3. The summed E-state index contributed by atoms with van der Waals surface area (Å²) in [7, 11) is 0. The number of aryl methyl sites for hydroxylation is 2. The van der Waals surface area contributed by atoms with Gasteiger partial charge in [0.05, 0.1) is 15.1 Å². The van der Waals surface area contributed by atoms with E-state index in [4.69, 9.17) is 11.6 Å². The van der Waals surface area contributed by atoms with Crippen molar-refractivity contribution in [2.24, 2.45) is 0 Å². The summed E-state index contributed by atoms with van der Waals surface area (Å²) in [4.78, 5) is 21.0. The fourth-order valence-electron chi connectivity index (χ4n) is 2.39. The zero-order chi connectivity index (χ0) is 19.0. The lowest BCUT2D eigenvalue weighted by Gasteiger charge is -2.07. The lowest BCUT2D eigenvalue weighted by Crippen LogP contribution is -2.14. The van der Waals surface area contributed by atoms with E-state index in [-0.39, 0.29) is 27.0 Å². The second kappa shape index (κ2) is 7.42. The summed E-state index contributed by atoms with van der Waals surface area (Å²) in [6, 6.07) is 4.70. The first kappa shape index (κ1) is 18.9. The summed E-state index contributed by atoms with van der Waals surface area (Å²) in [5, 5.41) is 2.86. The van der Waals surface area contributed by atoms with Crippen LogP contribution in [0.1, 0.15) is 21.1 Å². The monoisotopic (exact) mass is 461 g/mol. The van der Waals surface area contributed by atoms with E-state index in [1.807, 2.05) is 0 Å². The van der Waals surface area contributed by atoms with Crippen molar-refractivity contribution in [2.75, 3.05) is 5.32 Å². The van der Waals surface area contributed by atoms with E-state index in [1.165, 1.54) is 6.07 Å². The van der Waals surface area contributed by atoms with E-state index in [0.29, 0.717) is 20.6 Å². The van der Waals surface area contributed by atoms with Crippen molar-refractivity contribution in [2.45, 2.75) is 20.5 Å². The molecule has 0 atom stereocenters. The lowest BCUT2D eigenvalue weighted by atomic mass is 10.2. The number of aromatic nitrogens is 2. The number of rotatable bonds is 4. The van der Waals surface area contributed by atoms with Gasteiger partial charge >= 0.3 is 6.61 Å². The minimum absolute atomic E-state index is 0.0313. The van der Waals surface area contributed by atoms with Gasteiger partial charge in [-0.1, -0.05) is 11.6 Å². The Morgan fingerprint density at radius 1 is 1.31 bits per heavy atom. The molecule has 0 bridgehead atoms. The van der Waals surface area contributed by atoms with E-state index >= 15 is 0 Å². The number of ether oxygens (including phenoxy) is 1. The van der Waals surface area contributed by atoms with Gasteiger partial charge in [0, 0.05) is 15.9 Å². The molecule has 3 rings (SSSR count). The van der Waals surface area contributed by atoms with Gasteiger partial charge in [-0.25, -0.2) is 9.97 Å². The number of hydrogen-bond donors (Lipinski definition) is 1. The van der Waals surface area contributed by atoms with E-state index in [1.54, 1.807) is 26.0 Å². The Labute approximate surface area is 164 Å². The molecule has 2 aromatic heterocycles. The van der Waals surface area contributed by atoms with Crippen LogP contribution in [-0.4, -0.2) is 22.5 Å². The average Bonchev–Trinajstić information content (AvgIpc) is 2.87. The molecule has 2 heterocycles. The van der Waals surface area contributed by atoms with Crippen LogP contribution in [0.5, 0.6) is 5.75 Å². The van der Waals surface area contributed by atoms with Crippen molar-refractivity contribution in [1.29, 1.82) is 0 Å². The summed E-state index contributed by atoms with van der Waals surface area (Å²) in [6.07, 6.45) is 0. The number of benzene rings is 1. The van der Waals surface area contributed by atoms with Crippen LogP contribution in [0.4, 0.5) is 14.7 Å². The Bertz CT molecular complexity index is 993. The summed E-state index contributed by atoms with van der Waals surface area (Å²) in [5.41, 5.74) is 1.40. The smallest absolute Gasteiger partial charge is 0.387 e. The topological polar surface area (TPSA) is 64.1 Å². The van der Waals surface area contributed by atoms with Crippen LogP contribution in [0.3, 0.4) is 0 Å². The highest BCUT2D eigenvalue weighted by molar-refractivity contribution is 9.10. The van der Waals surface area contributed by atoms with E-state index in [9.17, 15) is 13.6 Å². The lowest BCUT2D eigenvalue weighted by molar-refractivity contribution is -0.0487. The highest BCUT2D eigenvalue weighted by Crippen LogP contribution is 2.44. The zero-order valence-corrected chi connectivity index (χ0v) is 16.6. The van der Waals surface area contributed by atoms with Crippen molar-refractivity contribution < 1.29 is 18.3 Å². The van der Waals surface area contributed by atoms with Gasteiger partial charge in [0.1, 0.15) is 10.6 Å². The van der Waals surface area contributed by atoms with Gasteiger partial charge in [-0.3, -0.25) is 10.1 Å². The second-order valence-electron chi connectivity index (χ2n) is 5.30. The third kappa shape index (κ3) is 3.79. The molecular formula is C16H11BrClF2N3O2S. The third-order valence-electron chi connectivity index (χ3n) is 3.32. The van der Waals surface area contributed by atoms with Crippen molar-refractivity contribution in [3.05, 3.63) is 44.0 Å².